The molecule has 0 radical (unpaired) electrons. The molecule has 1 atom stereocenters. The summed E-state index contributed by atoms with van der Waals surface area (Å²) in [5.74, 6) is 1.26. The van der Waals surface area contributed by atoms with Crippen molar-refractivity contribution in [2.75, 3.05) is 13.7 Å². The number of benzene rings is 1. The van der Waals surface area contributed by atoms with Gasteiger partial charge in [0.1, 0.15) is 11.9 Å². The maximum absolute atomic E-state index is 12.7. The molecule has 3 nitrogen and oxygen atoms in total. The lowest BCUT2D eigenvalue weighted by molar-refractivity contribution is 0.0127. The zero-order valence-electron chi connectivity index (χ0n) is 12.4. The first-order valence-electron chi connectivity index (χ1n) is 7.56. The van der Waals surface area contributed by atoms with Crippen molar-refractivity contribution < 1.29 is 14.3 Å². The average Bonchev–Trinajstić information content (AvgIpc) is 2.53. The molecule has 0 heterocycles. The SMILES string of the molecule is CCOC(C(=O)c1ccc(OC)cc1)C1CCCCC1. The minimum atomic E-state index is -0.284. The van der Waals surface area contributed by atoms with Crippen molar-refractivity contribution in [1.29, 1.82) is 0 Å². The smallest absolute Gasteiger partial charge is 0.191 e. The first kappa shape index (κ1) is 15.0. The van der Waals surface area contributed by atoms with Gasteiger partial charge in [-0.1, -0.05) is 19.3 Å². The van der Waals surface area contributed by atoms with E-state index in [1.807, 2.05) is 31.2 Å². The predicted octanol–water partition coefficient (Wildman–Crippen LogP) is 3.86. The highest BCUT2D eigenvalue weighted by molar-refractivity contribution is 5.99. The second-order valence-electron chi connectivity index (χ2n) is 5.37. The molecule has 0 saturated heterocycles. The quantitative estimate of drug-likeness (QED) is 0.740. The minimum Gasteiger partial charge on any atom is -0.497 e. The van der Waals surface area contributed by atoms with Gasteiger partial charge < -0.3 is 9.47 Å². The number of carbonyl (C=O) groups is 1. The standard InChI is InChI=1S/C17H24O3/c1-3-20-17(14-7-5-4-6-8-14)16(18)13-9-11-15(19-2)12-10-13/h9-12,14,17H,3-8H2,1-2H3. The molecular weight excluding hydrogens is 252 g/mol. The molecule has 20 heavy (non-hydrogen) atoms. The molecule has 1 aliphatic carbocycles. The Bertz CT molecular complexity index is 418. The molecule has 1 aromatic carbocycles. The maximum atomic E-state index is 12.7. The Labute approximate surface area is 121 Å². The fraction of sp³-hybridized carbons (Fsp3) is 0.588. The van der Waals surface area contributed by atoms with Crippen molar-refractivity contribution in [2.24, 2.45) is 5.92 Å². The Morgan fingerprint density at radius 2 is 1.85 bits per heavy atom. The molecule has 0 aliphatic heterocycles. The van der Waals surface area contributed by atoms with Gasteiger partial charge in [0, 0.05) is 12.2 Å². The molecule has 1 saturated carbocycles. The van der Waals surface area contributed by atoms with Crippen molar-refractivity contribution in [3.05, 3.63) is 29.8 Å². The molecule has 0 spiro atoms. The van der Waals surface area contributed by atoms with Crippen molar-refractivity contribution in [3.63, 3.8) is 0 Å². The van der Waals surface area contributed by atoms with E-state index in [-0.39, 0.29) is 11.9 Å². The first-order valence-corrected chi connectivity index (χ1v) is 7.56. The van der Waals surface area contributed by atoms with Crippen LogP contribution in [0, 0.1) is 5.92 Å². The van der Waals surface area contributed by atoms with E-state index in [2.05, 4.69) is 0 Å². The molecule has 1 unspecified atom stereocenters. The third kappa shape index (κ3) is 3.60. The summed E-state index contributed by atoms with van der Waals surface area (Å²) in [6.45, 7) is 2.54. The zero-order valence-corrected chi connectivity index (χ0v) is 12.4. The van der Waals surface area contributed by atoms with Crippen LogP contribution in [0.3, 0.4) is 0 Å². The molecule has 110 valence electrons. The van der Waals surface area contributed by atoms with Crippen molar-refractivity contribution in [3.8, 4) is 5.75 Å². The van der Waals surface area contributed by atoms with Crippen LogP contribution in [0.4, 0.5) is 0 Å². The maximum Gasteiger partial charge on any atom is 0.191 e. The van der Waals surface area contributed by atoms with Gasteiger partial charge in [-0.25, -0.2) is 0 Å². The van der Waals surface area contributed by atoms with E-state index in [0.29, 0.717) is 12.5 Å². The molecule has 0 bridgehead atoms. The highest BCUT2D eigenvalue weighted by Gasteiger charge is 2.30. The van der Waals surface area contributed by atoms with E-state index >= 15 is 0 Å². The van der Waals surface area contributed by atoms with Crippen molar-refractivity contribution in [1.82, 2.24) is 0 Å². The number of ether oxygens (including phenoxy) is 2. The molecule has 2 rings (SSSR count). The van der Waals surface area contributed by atoms with Gasteiger partial charge in [0.25, 0.3) is 0 Å². The first-order chi connectivity index (χ1) is 9.76. The van der Waals surface area contributed by atoms with Gasteiger partial charge in [-0.05, 0) is 49.9 Å². The summed E-state index contributed by atoms with van der Waals surface area (Å²) in [5, 5.41) is 0. The third-order valence-corrected chi connectivity index (χ3v) is 4.06. The highest BCUT2D eigenvalue weighted by atomic mass is 16.5. The molecule has 1 aliphatic rings. The van der Waals surface area contributed by atoms with Gasteiger partial charge >= 0.3 is 0 Å². The van der Waals surface area contributed by atoms with Gasteiger partial charge in [-0.3, -0.25) is 4.79 Å². The van der Waals surface area contributed by atoms with Crippen molar-refractivity contribution >= 4 is 5.78 Å². The molecule has 3 heteroatoms. The predicted molar refractivity (Wildman–Crippen MR) is 79.3 cm³/mol. The number of hydrogen-bond donors (Lipinski definition) is 0. The zero-order chi connectivity index (χ0) is 14.4. The summed E-state index contributed by atoms with van der Waals surface area (Å²) in [6, 6.07) is 7.32. The summed E-state index contributed by atoms with van der Waals surface area (Å²) < 4.78 is 10.9. The second kappa shape index (κ2) is 7.44. The third-order valence-electron chi connectivity index (χ3n) is 4.06. The normalized spacial score (nSPS) is 17.7. The van der Waals surface area contributed by atoms with Crippen LogP contribution in [0.5, 0.6) is 5.75 Å². The van der Waals surface area contributed by atoms with Gasteiger partial charge in [-0.2, -0.15) is 0 Å². The fourth-order valence-electron chi connectivity index (χ4n) is 2.96. The Kier molecular flexibility index (Phi) is 5.60. The molecular formula is C17H24O3. The topological polar surface area (TPSA) is 35.5 Å². The lowest BCUT2D eigenvalue weighted by Gasteiger charge is -2.29. The Morgan fingerprint density at radius 3 is 2.40 bits per heavy atom. The molecule has 1 aromatic rings. The molecule has 1 fully saturated rings. The Morgan fingerprint density at radius 1 is 1.20 bits per heavy atom. The molecule has 0 aromatic heterocycles. The van der Waals surface area contributed by atoms with Crippen molar-refractivity contribution in [2.45, 2.75) is 45.1 Å². The van der Waals surface area contributed by atoms with E-state index in [4.69, 9.17) is 9.47 Å². The largest absolute Gasteiger partial charge is 0.497 e. The van der Waals surface area contributed by atoms with E-state index in [9.17, 15) is 4.79 Å². The van der Waals surface area contributed by atoms with Crippen LogP contribution in [0.1, 0.15) is 49.4 Å². The number of methoxy groups -OCH3 is 1. The summed E-state index contributed by atoms with van der Waals surface area (Å²) >= 11 is 0. The molecule has 0 amide bonds. The van der Waals surface area contributed by atoms with Crippen LogP contribution in [0.25, 0.3) is 0 Å². The fourth-order valence-corrected chi connectivity index (χ4v) is 2.96. The Balaban J connectivity index is 2.12. The van der Waals surface area contributed by atoms with Crippen LogP contribution in [0.15, 0.2) is 24.3 Å². The number of carbonyl (C=O) groups excluding carboxylic acids is 1. The number of Topliss-reactive ketones (excluding diaryl/α,β-unsaturated/α-hetero) is 1. The second-order valence-corrected chi connectivity index (χ2v) is 5.37. The van der Waals surface area contributed by atoms with Crippen LogP contribution in [-0.2, 0) is 4.74 Å². The summed E-state index contributed by atoms with van der Waals surface area (Å²) in [4.78, 5) is 12.7. The van der Waals surface area contributed by atoms with Gasteiger partial charge in [0.2, 0.25) is 0 Å². The number of rotatable bonds is 6. The number of ketones is 1. The van der Waals surface area contributed by atoms with Gasteiger partial charge in [0.15, 0.2) is 5.78 Å². The van der Waals surface area contributed by atoms with Crippen LogP contribution < -0.4 is 4.74 Å². The van der Waals surface area contributed by atoms with Gasteiger partial charge in [-0.15, -0.1) is 0 Å². The van der Waals surface area contributed by atoms with E-state index in [0.717, 1.165) is 24.2 Å². The lowest BCUT2D eigenvalue weighted by atomic mass is 9.82. The van der Waals surface area contributed by atoms with E-state index in [1.165, 1.54) is 19.3 Å². The molecule has 0 N–H and O–H groups in total. The Hall–Kier alpha value is -1.35. The highest BCUT2D eigenvalue weighted by Crippen LogP contribution is 2.30. The monoisotopic (exact) mass is 276 g/mol. The minimum absolute atomic E-state index is 0.112. The average molecular weight is 276 g/mol. The van der Waals surface area contributed by atoms with E-state index < -0.39 is 0 Å². The summed E-state index contributed by atoms with van der Waals surface area (Å²) in [6.07, 6.45) is 5.63. The summed E-state index contributed by atoms with van der Waals surface area (Å²) in [5.41, 5.74) is 0.717. The summed E-state index contributed by atoms with van der Waals surface area (Å²) in [7, 11) is 1.63. The van der Waals surface area contributed by atoms with Crippen LogP contribution in [0.2, 0.25) is 0 Å². The van der Waals surface area contributed by atoms with Crippen LogP contribution in [-0.4, -0.2) is 25.6 Å². The van der Waals surface area contributed by atoms with E-state index in [1.54, 1.807) is 7.11 Å². The van der Waals surface area contributed by atoms with Gasteiger partial charge in [0.05, 0.1) is 7.11 Å². The van der Waals surface area contributed by atoms with Crippen LogP contribution >= 0.6 is 0 Å². The number of hydrogen-bond acceptors (Lipinski definition) is 3. The lowest BCUT2D eigenvalue weighted by Crippen LogP contribution is -2.34.